The summed E-state index contributed by atoms with van der Waals surface area (Å²) >= 11 is 1.78. The topological polar surface area (TPSA) is 40.5 Å². The number of nitrogens with zero attached hydrogens (tertiary/aromatic N) is 1. The molecule has 0 aliphatic rings. The average Bonchev–Trinajstić information content (AvgIpc) is 2.36. The van der Waals surface area contributed by atoms with Crippen molar-refractivity contribution in [2.75, 3.05) is 24.3 Å². The van der Waals surface area contributed by atoms with Gasteiger partial charge < -0.3 is 10.0 Å². The molecular weight excluding hydrogens is 234 g/mol. The summed E-state index contributed by atoms with van der Waals surface area (Å²) in [4.78, 5) is 14.6. The predicted octanol–water partition coefficient (Wildman–Crippen LogP) is 2.53. The number of anilines is 1. The quantitative estimate of drug-likeness (QED) is 0.792. The van der Waals surface area contributed by atoms with E-state index in [0.717, 1.165) is 11.4 Å². The van der Waals surface area contributed by atoms with Crippen molar-refractivity contribution in [1.29, 1.82) is 0 Å². The Morgan fingerprint density at radius 2 is 2.00 bits per heavy atom. The molecule has 4 heteroatoms. The number of hydrogen-bond acceptors (Lipinski definition) is 3. The fourth-order valence-corrected chi connectivity index (χ4v) is 2.14. The van der Waals surface area contributed by atoms with Gasteiger partial charge in [0.2, 0.25) is 5.91 Å². The Morgan fingerprint density at radius 3 is 2.53 bits per heavy atom. The van der Waals surface area contributed by atoms with E-state index in [9.17, 15) is 4.79 Å². The maximum absolute atomic E-state index is 11.7. The molecule has 0 unspecified atom stereocenters. The van der Waals surface area contributed by atoms with Gasteiger partial charge in [0.1, 0.15) is 0 Å². The van der Waals surface area contributed by atoms with Gasteiger partial charge in [-0.15, -0.1) is 11.8 Å². The number of carbonyl (C=O) groups is 1. The van der Waals surface area contributed by atoms with E-state index < -0.39 is 0 Å². The number of rotatable bonds is 6. The lowest BCUT2D eigenvalue weighted by Gasteiger charge is -2.17. The lowest BCUT2D eigenvalue weighted by Crippen LogP contribution is -2.25. The fraction of sp³-hybridized carbons (Fsp3) is 0.462. The number of amides is 1. The van der Waals surface area contributed by atoms with Crippen LogP contribution in [0.25, 0.3) is 0 Å². The second-order valence-corrected chi connectivity index (χ2v) is 5.04. The third kappa shape index (κ3) is 4.40. The van der Waals surface area contributed by atoms with Crippen molar-refractivity contribution in [3.63, 3.8) is 0 Å². The van der Waals surface area contributed by atoms with Crippen LogP contribution in [-0.4, -0.2) is 30.4 Å². The standard InChI is InChI=1S/C13H19NO2S/c1-3-17-12-8-6-11(7-9-12)14(2)13(16)5-4-10-15/h6-9,15H,3-5,10H2,1-2H3. The van der Waals surface area contributed by atoms with Crippen molar-refractivity contribution < 1.29 is 9.90 Å². The molecule has 0 saturated carbocycles. The van der Waals surface area contributed by atoms with Gasteiger partial charge in [0, 0.05) is 30.7 Å². The van der Waals surface area contributed by atoms with Crippen LogP contribution < -0.4 is 4.90 Å². The molecule has 0 atom stereocenters. The Morgan fingerprint density at radius 1 is 1.35 bits per heavy atom. The first-order chi connectivity index (χ1) is 8.19. The van der Waals surface area contributed by atoms with Gasteiger partial charge in [0.25, 0.3) is 0 Å². The van der Waals surface area contributed by atoms with Crippen molar-refractivity contribution in [3.05, 3.63) is 24.3 Å². The first kappa shape index (κ1) is 14.1. The number of thioether (sulfide) groups is 1. The Bertz CT molecular complexity index is 351. The van der Waals surface area contributed by atoms with Crippen LogP contribution in [0.5, 0.6) is 0 Å². The Kier molecular flexibility index (Phi) is 6.08. The third-order valence-corrected chi connectivity index (χ3v) is 3.35. The first-order valence-corrected chi connectivity index (χ1v) is 6.78. The van der Waals surface area contributed by atoms with E-state index in [1.807, 2.05) is 24.3 Å². The molecule has 1 rings (SSSR count). The summed E-state index contributed by atoms with van der Waals surface area (Å²) in [5, 5.41) is 8.69. The van der Waals surface area contributed by atoms with Crippen LogP contribution in [0.15, 0.2) is 29.2 Å². The van der Waals surface area contributed by atoms with E-state index in [1.54, 1.807) is 23.7 Å². The number of carbonyl (C=O) groups excluding carboxylic acids is 1. The van der Waals surface area contributed by atoms with Crippen molar-refractivity contribution in [2.24, 2.45) is 0 Å². The van der Waals surface area contributed by atoms with Gasteiger partial charge in [-0.2, -0.15) is 0 Å². The molecule has 1 amide bonds. The molecule has 1 aromatic rings. The van der Waals surface area contributed by atoms with E-state index in [2.05, 4.69) is 6.92 Å². The van der Waals surface area contributed by atoms with Crippen molar-refractivity contribution in [2.45, 2.75) is 24.7 Å². The number of aliphatic hydroxyl groups is 1. The van der Waals surface area contributed by atoms with Crippen LogP contribution in [-0.2, 0) is 4.79 Å². The van der Waals surface area contributed by atoms with Gasteiger partial charge in [0.15, 0.2) is 0 Å². The predicted molar refractivity (Wildman–Crippen MR) is 72.6 cm³/mol. The summed E-state index contributed by atoms with van der Waals surface area (Å²) in [5.41, 5.74) is 0.897. The zero-order valence-corrected chi connectivity index (χ0v) is 11.2. The molecule has 17 heavy (non-hydrogen) atoms. The van der Waals surface area contributed by atoms with E-state index in [-0.39, 0.29) is 12.5 Å². The normalized spacial score (nSPS) is 10.3. The average molecular weight is 253 g/mol. The lowest BCUT2D eigenvalue weighted by atomic mass is 10.2. The molecule has 0 aliphatic carbocycles. The summed E-state index contributed by atoms with van der Waals surface area (Å²) in [5.74, 6) is 1.08. The monoisotopic (exact) mass is 253 g/mol. The van der Waals surface area contributed by atoms with Crippen LogP contribution in [0.2, 0.25) is 0 Å². The molecule has 0 aromatic heterocycles. The maximum atomic E-state index is 11.7. The Hall–Kier alpha value is -1.00. The molecule has 0 fully saturated rings. The van der Waals surface area contributed by atoms with Crippen LogP contribution in [0.4, 0.5) is 5.69 Å². The highest BCUT2D eigenvalue weighted by Crippen LogP contribution is 2.21. The van der Waals surface area contributed by atoms with Crippen LogP contribution in [0.3, 0.4) is 0 Å². The smallest absolute Gasteiger partial charge is 0.226 e. The van der Waals surface area contributed by atoms with E-state index in [0.29, 0.717) is 12.8 Å². The molecule has 0 bridgehead atoms. The highest BCUT2D eigenvalue weighted by atomic mass is 32.2. The van der Waals surface area contributed by atoms with E-state index >= 15 is 0 Å². The molecule has 0 aliphatic heterocycles. The summed E-state index contributed by atoms with van der Waals surface area (Å²) in [6, 6.07) is 7.96. The minimum absolute atomic E-state index is 0.0370. The highest BCUT2D eigenvalue weighted by Gasteiger charge is 2.09. The van der Waals surface area contributed by atoms with E-state index in [4.69, 9.17) is 5.11 Å². The van der Waals surface area contributed by atoms with Crippen LogP contribution in [0.1, 0.15) is 19.8 Å². The Balaban J connectivity index is 2.62. The van der Waals surface area contributed by atoms with Gasteiger partial charge in [-0.05, 0) is 36.4 Å². The molecule has 0 heterocycles. The fourth-order valence-electron chi connectivity index (χ4n) is 1.47. The molecular formula is C13H19NO2S. The number of aliphatic hydroxyl groups excluding tert-OH is 1. The van der Waals surface area contributed by atoms with E-state index in [1.165, 1.54) is 4.90 Å². The lowest BCUT2D eigenvalue weighted by molar-refractivity contribution is -0.118. The summed E-state index contributed by atoms with van der Waals surface area (Å²) < 4.78 is 0. The Labute approximate surface area is 107 Å². The first-order valence-electron chi connectivity index (χ1n) is 5.79. The molecule has 0 radical (unpaired) electrons. The summed E-state index contributed by atoms with van der Waals surface area (Å²) in [7, 11) is 1.77. The van der Waals surface area contributed by atoms with Crippen molar-refractivity contribution in [1.82, 2.24) is 0 Å². The molecule has 3 nitrogen and oxygen atoms in total. The molecule has 94 valence electrons. The second kappa shape index (κ2) is 7.35. The van der Waals surface area contributed by atoms with Gasteiger partial charge >= 0.3 is 0 Å². The summed E-state index contributed by atoms with van der Waals surface area (Å²) in [6.45, 7) is 2.18. The largest absolute Gasteiger partial charge is 0.396 e. The molecule has 0 spiro atoms. The maximum Gasteiger partial charge on any atom is 0.226 e. The second-order valence-electron chi connectivity index (χ2n) is 3.71. The number of benzene rings is 1. The molecule has 1 N–H and O–H groups in total. The van der Waals surface area contributed by atoms with Gasteiger partial charge in [-0.25, -0.2) is 0 Å². The van der Waals surface area contributed by atoms with Gasteiger partial charge in [-0.3, -0.25) is 4.79 Å². The van der Waals surface area contributed by atoms with Crippen LogP contribution >= 0.6 is 11.8 Å². The van der Waals surface area contributed by atoms with Gasteiger partial charge in [-0.1, -0.05) is 6.92 Å². The van der Waals surface area contributed by atoms with Crippen molar-refractivity contribution in [3.8, 4) is 0 Å². The highest BCUT2D eigenvalue weighted by molar-refractivity contribution is 7.99. The third-order valence-electron chi connectivity index (χ3n) is 2.46. The molecule has 1 aromatic carbocycles. The van der Waals surface area contributed by atoms with Gasteiger partial charge in [0.05, 0.1) is 0 Å². The minimum Gasteiger partial charge on any atom is -0.396 e. The minimum atomic E-state index is 0.0370. The zero-order chi connectivity index (χ0) is 12.7. The summed E-state index contributed by atoms with van der Waals surface area (Å²) in [6.07, 6.45) is 0.908. The SMILES string of the molecule is CCSc1ccc(N(C)C(=O)CCCO)cc1. The zero-order valence-electron chi connectivity index (χ0n) is 10.3. The number of hydrogen-bond donors (Lipinski definition) is 1. The molecule has 0 saturated heterocycles. The van der Waals surface area contributed by atoms with Crippen LogP contribution in [0, 0.1) is 0 Å². The van der Waals surface area contributed by atoms with Crippen molar-refractivity contribution >= 4 is 23.4 Å².